The summed E-state index contributed by atoms with van der Waals surface area (Å²) < 4.78 is 19.0. The smallest absolute Gasteiger partial charge is 0.220 e. The number of rotatable bonds is 12. The number of hydrogen-bond acceptors (Lipinski definition) is 9. The standard InChI is InChI=1S/C33H38N6O6/c1-20(40)36-24-12-10-21-18-27(43-2)32(44-3)33(45-4)31(21)22-11-13-25(26(41)19-23(22)24)34-15-7-9-30(42)35-16-14-29-38-37-28-8-5-6-17-39(28)29/h5-6,8,11,13,17-19,24H,7,9-10,12,14-16H2,1-4H3,(H,34,41)(H,35,42)(H,36,40)/t24-/m0/s1. The summed E-state index contributed by atoms with van der Waals surface area (Å²) in [5.41, 5.74) is 4.12. The molecular formula is C33H38N6O6. The molecule has 45 heavy (non-hydrogen) atoms. The maximum absolute atomic E-state index is 13.5. The van der Waals surface area contributed by atoms with Gasteiger partial charge in [0.2, 0.25) is 23.0 Å². The Balaban J connectivity index is 1.30. The number of fused-ring (bicyclic) bond motifs is 4. The van der Waals surface area contributed by atoms with Crippen LogP contribution in [0.25, 0.3) is 16.8 Å². The summed E-state index contributed by atoms with van der Waals surface area (Å²) in [6.45, 7) is 2.33. The molecule has 0 saturated heterocycles. The summed E-state index contributed by atoms with van der Waals surface area (Å²) in [6, 6.07) is 12.4. The van der Waals surface area contributed by atoms with Gasteiger partial charge in [0.15, 0.2) is 17.1 Å². The molecule has 2 amide bonds. The number of aromatic nitrogens is 3. The molecule has 4 aromatic rings. The van der Waals surface area contributed by atoms with Crippen molar-refractivity contribution >= 4 is 23.1 Å². The highest BCUT2D eigenvalue weighted by Crippen LogP contribution is 2.50. The van der Waals surface area contributed by atoms with Crippen molar-refractivity contribution in [1.82, 2.24) is 25.2 Å². The number of methoxy groups -OCH3 is 3. The topological polar surface area (TPSA) is 145 Å². The lowest BCUT2D eigenvalue weighted by atomic mass is 9.95. The minimum absolute atomic E-state index is 0.0791. The number of hydrogen-bond donors (Lipinski definition) is 3. The van der Waals surface area contributed by atoms with Gasteiger partial charge in [-0.1, -0.05) is 12.1 Å². The van der Waals surface area contributed by atoms with Gasteiger partial charge in [0.1, 0.15) is 5.82 Å². The van der Waals surface area contributed by atoms with Crippen LogP contribution in [-0.2, 0) is 22.4 Å². The van der Waals surface area contributed by atoms with Gasteiger partial charge < -0.3 is 30.2 Å². The van der Waals surface area contributed by atoms with Crippen LogP contribution < -0.4 is 35.6 Å². The third-order valence-corrected chi connectivity index (χ3v) is 7.87. The van der Waals surface area contributed by atoms with E-state index in [0.29, 0.717) is 73.7 Å². The van der Waals surface area contributed by atoms with Gasteiger partial charge in [0, 0.05) is 44.6 Å². The Bertz CT molecular complexity index is 1770. The SMILES string of the molecule is COc1cc2c(c(OC)c1OC)-c1ccc(NCCCC(=O)NCCc3nnc4ccccn34)c(=O)cc1[C@@H](NC(C)=O)CC2. The number of nitrogens with one attached hydrogen (secondary N) is 3. The zero-order valence-electron chi connectivity index (χ0n) is 25.9. The van der Waals surface area contributed by atoms with Crippen molar-refractivity contribution in [2.45, 2.75) is 45.1 Å². The fraction of sp³-hybridized carbons (Fsp3) is 0.364. The Hall–Kier alpha value is -5.13. The highest BCUT2D eigenvalue weighted by molar-refractivity contribution is 5.84. The van der Waals surface area contributed by atoms with E-state index >= 15 is 0 Å². The van der Waals surface area contributed by atoms with E-state index in [9.17, 15) is 14.4 Å². The number of pyridine rings is 1. The summed E-state index contributed by atoms with van der Waals surface area (Å²) in [7, 11) is 4.68. The van der Waals surface area contributed by atoms with E-state index in [-0.39, 0.29) is 23.3 Å². The van der Waals surface area contributed by atoms with Crippen LogP contribution in [0.2, 0.25) is 0 Å². The lowest BCUT2D eigenvalue weighted by Crippen LogP contribution is -2.27. The van der Waals surface area contributed by atoms with Gasteiger partial charge in [-0.15, -0.1) is 10.2 Å². The van der Waals surface area contributed by atoms with Crippen LogP contribution in [0.3, 0.4) is 0 Å². The Morgan fingerprint density at radius 2 is 1.82 bits per heavy atom. The maximum Gasteiger partial charge on any atom is 0.220 e. The fourth-order valence-corrected chi connectivity index (χ4v) is 5.79. The summed E-state index contributed by atoms with van der Waals surface area (Å²) in [5.74, 6) is 1.99. The van der Waals surface area contributed by atoms with Crippen molar-refractivity contribution in [3.8, 4) is 28.4 Å². The molecule has 0 aliphatic heterocycles. The molecule has 0 spiro atoms. The Morgan fingerprint density at radius 1 is 1.00 bits per heavy atom. The van der Waals surface area contributed by atoms with Crippen molar-refractivity contribution in [2.75, 3.05) is 39.7 Å². The number of ether oxygens (including phenoxy) is 3. The van der Waals surface area contributed by atoms with E-state index in [0.717, 1.165) is 28.2 Å². The predicted octanol–water partition coefficient (Wildman–Crippen LogP) is 3.46. The second kappa shape index (κ2) is 14.1. The van der Waals surface area contributed by atoms with Gasteiger partial charge >= 0.3 is 0 Å². The van der Waals surface area contributed by atoms with Gasteiger partial charge in [-0.25, -0.2) is 0 Å². The van der Waals surface area contributed by atoms with Gasteiger partial charge in [0.05, 0.1) is 33.1 Å². The first kappa shape index (κ1) is 31.3. The monoisotopic (exact) mass is 614 g/mol. The first-order chi connectivity index (χ1) is 21.8. The second-order valence-electron chi connectivity index (χ2n) is 10.8. The largest absolute Gasteiger partial charge is 0.493 e. The van der Waals surface area contributed by atoms with E-state index in [1.165, 1.54) is 6.92 Å². The summed E-state index contributed by atoms with van der Waals surface area (Å²) >= 11 is 0. The second-order valence-corrected chi connectivity index (χ2v) is 10.8. The molecule has 5 rings (SSSR count). The number of nitrogens with zero attached hydrogens (tertiary/aromatic N) is 3. The van der Waals surface area contributed by atoms with Crippen molar-refractivity contribution in [2.24, 2.45) is 0 Å². The molecule has 3 N–H and O–H groups in total. The predicted molar refractivity (Wildman–Crippen MR) is 170 cm³/mol. The quantitative estimate of drug-likeness (QED) is 0.204. The minimum Gasteiger partial charge on any atom is -0.493 e. The normalized spacial score (nSPS) is 13.6. The number of anilines is 1. The zero-order valence-corrected chi connectivity index (χ0v) is 25.9. The molecule has 2 aromatic carbocycles. The summed E-state index contributed by atoms with van der Waals surface area (Å²) in [5, 5.41) is 17.5. The van der Waals surface area contributed by atoms with Crippen molar-refractivity contribution in [3.05, 3.63) is 75.8 Å². The van der Waals surface area contributed by atoms with Crippen LogP contribution in [0.15, 0.2) is 53.5 Å². The Morgan fingerprint density at radius 3 is 2.58 bits per heavy atom. The number of amides is 2. The van der Waals surface area contributed by atoms with Crippen LogP contribution in [0.1, 0.15) is 49.2 Å². The van der Waals surface area contributed by atoms with Crippen LogP contribution in [-0.4, -0.2) is 60.8 Å². The molecule has 1 aliphatic rings. The highest BCUT2D eigenvalue weighted by Gasteiger charge is 2.29. The lowest BCUT2D eigenvalue weighted by Gasteiger charge is -2.19. The molecule has 1 aliphatic carbocycles. The van der Waals surface area contributed by atoms with Crippen molar-refractivity contribution in [1.29, 1.82) is 0 Å². The Kier molecular flexibility index (Phi) is 9.81. The number of aryl methyl sites for hydroxylation is 1. The van der Waals surface area contributed by atoms with E-state index in [4.69, 9.17) is 14.2 Å². The number of benzene rings is 1. The molecule has 12 heteroatoms. The Labute approximate surface area is 261 Å². The van der Waals surface area contributed by atoms with Gasteiger partial charge in [-0.2, -0.15) is 0 Å². The first-order valence-electron chi connectivity index (χ1n) is 14.9. The van der Waals surface area contributed by atoms with E-state index < -0.39 is 0 Å². The molecule has 2 heterocycles. The third kappa shape index (κ3) is 6.84. The molecule has 0 bridgehead atoms. The summed E-state index contributed by atoms with van der Waals surface area (Å²) in [6.07, 6.45) is 4.48. The van der Waals surface area contributed by atoms with Gasteiger partial charge in [0.25, 0.3) is 0 Å². The molecule has 0 radical (unpaired) electrons. The van der Waals surface area contributed by atoms with Gasteiger partial charge in [-0.3, -0.25) is 18.8 Å². The van der Waals surface area contributed by atoms with E-state index in [1.54, 1.807) is 33.5 Å². The zero-order chi connectivity index (χ0) is 31.9. The molecule has 2 aromatic heterocycles. The van der Waals surface area contributed by atoms with E-state index in [2.05, 4.69) is 26.1 Å². The molecule has 0 unspecified atom stereocenters. The molecule has 236 valence electrons. The fourth-order valence-electron chi connectivity index (χ4n) is 5.79. The lowest BCUT2D eigenvalue weighted by molar-refractivity contribution is -0.121. The van der Waals surface area contributed by atoms with Crippen molar-refractivity contribution in [3.63, 3.8) is 0 Å². The first-order valence-corrected chi connectivity index (χ1v) is 14.9. The minimum atomic E-state index is -0.390. The van der Waals surface area contributed by atoms with Crippen LogP contribution in [0.5, 0.6) is 17.2 Å². The average molecular weight is 615 g/mol. The highest BCUT2D eigenvalue weighted by atomic mass is 16.5. The van der Waals surface area contributed by atoms with Crippen molar-refractivity contribution < 1.29 is 23.8 Å². The van der Waals surface area contributed by atoms with Crippen LogP contribution in [0.4, 0.5) is 5.69 Å². The van der Waals surface area contributed by atoms with Crippen LogP contribution >= 0.6 is 0 Å². The molecular weight excluding hydrogens is 576 g/mol. The number of carbonyl (C=O) groups excluding carboxylic acids is 2. The van der Waals surface area contributed by atoms with Crippen LogP contribution in [0, 0.1) is 0 Å². The maximum atomic E-state index is 13.5. The molecule has 12 nitrogen and oxygen atoms in total. The number of carbonyl (C=O) groups is 2. The van der Waals surface area contributed by atoms with E-state index in [1.807, 2.05) is 40.9 Å². The molecule has 1 atom stereocenters. The summed E-state index contributed by atoms with van der Waals surface area (Å²) in [4.78, 5) is 38.1. The molecule has 0 saturated carbocycles. The molecule has 0 fully saturated rings. The average Bonchev–Trinajstić information content (AvgIpc) is 3.30. The van der Waals surface area contributed by atoms with Gasteiger partial charge in [-0.05, 0) is 66.3 Å². The third-order valence-electron chi connectivity index (χ3n) is 7.87.